The lowest BCUT2D eigenvalue weighted by Crippen LogP contribution is -2.53. The summed E-state index contributed by atoms with van der Waals surface area (Å²) in [5.41, 5.74) is -0.870. The number of carboxylic acid groups (broad SMARTS) is 1. The van der Waals surface area contributed by atoms with Gasteiger partial charge in [0.05, 0.1) is 18.6 Å². The van der Waals surface area contributed by atoms with Crippen molar-refractivity contribution in [1.82, 2.24) is 10.6 Å². The molecule has 0 aromatic rings. The minimum absolute atomic E-state index is 0.159. The van der Waals surface area contributed by atoms with E-state index in [2.05, 4.69) is 10.6 Å². The summed E-state index contributed by atoms with van der Waals surface area (Å²) >= 11 is 0. The van der Waals surface area contributed by atoms with Crippen LogP contribution in [0, 0.1) is 5.41 Å². The number of aliphatic carboxylic acids is 1. The summed E-state index contributed by atoms with van der Waals surface area (Å²) in [5, 5.41) is 15.0. The molecule has 0 spiro atoms. The van der Waals surface area contributed by atoms with Gasteiger partial charge in [-0.05, 0) is 12.8 Å². The molecule has 1 rings (SSSR count). The van der Waals surface area contributed by atoms with Crippen molar-refractivity contribution >= 4 is 11.9 Å². The molecule has 1 aliphatic rings. The molecule has 0 aromatic heterocycles. The van der Waals surface area contributed by atoms with E-state index in [0.29, 0.717) is 32.6 Å². The van der Waals surface area contributed by atoms with Crippen molar-refractivity contribution in [2.24, 2.45) is 5.41 Å². The van der Waals surface area contributed by atoms with Gasteiger partial charge in [-0.2, -0.15) is 0 Å². The normalized spacial score (nSPS) is 20.4. The van der Waals surface area contributed by atoms with Crippen molar-refractivity contribution in [3.05, 3.63) is 0 Å². The SMILES string of the molecule is CCC(CC)(CNC(=O)C1COCCN1)C(=O)O. The Morgan fingerprint density at radius 2 is 2.11 bits per heavy atom. The molecule has 0 aliphatic carbocycles. The van der Waals surface area contributed by atoms with Crippen molar-refractivity contribution in [2.45, 2.75) is 32.7 Å². The summed E-state index contributed by atoms with van der Waals surface area (Å²) in [7, 11) is 0. The Bertz CT molecular complexity index is 296. The average Bonchev–Trinajstić information content (AvgIpc) is 2.41. The first-order valence-electron chi connectivity index (χ1n) is 6.38. The maximum Gasteiger partial charge on any atom is 0.311 e. The minimum Gasteiger partial charge on any atom is -0.481 e. The molecule has 0 saturated carbocycles. The first kappa shape index (κ1) is 14.9. The van der Waals surface area contributed by atoms with Gasteiger partial charge < -0.3 is 20.5 Å². The fraction of sp³-hybridized carbons (Fsp3) is 0.833. The number of nitrogens with one attached hydrogen (secondary N) is 2. The van der Waals surface area contributed by atoms with Crippen molar-refractivity contribution in [3.8, 4) is 0 Å². The van der Waals surface area contributed by atoms with Crippen molar-refractivity contribution in [3.63, 3.8) is 0 Å². The Morgan fingerprint density at radius 1 is 1.44 bits per heavy atom. The van der Waals surface area contributed by atoms with E-state index in [4.69, 9.17) is 4.74 Å². The first-order chi connectivity index (χ1) is 8.55. The zero-order valence-electron chi connectivity index (χ0n) is 11.0. The number of carbonyl (C=O) groups is 2. The van der Waals surface area contributed by atoms with E-state index in [9.17, 15) is 14.7 Å². The van der Waals surface area contributed by atoms with Gasteiger partial charge >= 0.3 is 5.97 Å². The van der Waals surface area contributed by atoms with Gasteiger partial charge in [-0.25, -0.2) is 0 Å². The number of carboxylic acids is 1. The fourth-order valence-corrected chi connectivity index (χ4v) is 1.99. The molecule has 18 heavy (non-hydrogen) atoms. The summed E-state index contributed by atoms with van der Waals surface area (Å²) in [5.74, 6) is -1.05. The second kappa shape index (κ2) is 6.70. The van der Waals surface area contributed by atoms with Crippen LogP contribution < -0.4 is 10.6 Å². The Labute approximate surface area is 107 Å². The monoisotopic (exact) mass is 258 g/mol. The molecule has 0 bridgehead atoms. The van der Waals surface area contributed by atoms with Crippen LogP contribution in [0.15, 0.2) is 0 Å². The van der Waals surface area contributed by atoms with Crippen LogP contribution in [-0.2, 0) is 14.3 Å². The lowest BCUT2D eigenvalue weighted by atomic mass is 9.82. The zero-order chi connectivity index (χ0) is 13.6. The number of hydrogen-bond donors (Lipinski definition) is 3. The third-order valence-electron chi connectivity index (χ3n) is 3.65. The molecule has 1 saturated heterocycles. The average molecular weight is 258 g/mol. The topological polar surface area (TPSA) is 87.7 Å². The maximum absolute atomic E-state index is 11.9. The third kappa shape index (κ3) is 3.43. The van der Waals surface area contributed by atoms with E-state index in [1.165, 1.54) is 0 Å². The summed E-state index contributed by atoms with van der Waals surface area (Å²) < 4.78 is 5.20. The van der Waals surface area contributed by atoms with Crippen LogP contribution in [0.4, 0.5) is 0 Å². The second-order valence-corrected chi connectivity index (χ2v) is 4.59. The fourth-order valence-electron chi connectivity index (χ4n) is 1.99. The van der Waals surface area contributed by atoms with Gasteiger partial charge in [-0.3, -0.25) is 9.59 Å². The summed E-state index contributed by atoms with van der Waals surface area (Å²) in [6, 6.07) is -0.376. The standard InChI is InChI=1S/C12H22N2O4/c1-3-12(4-2,11(16)17)8-14-10(15)9-7-18-6-5-13-9/h9,13H,3-8H2,1-2H3,(H,14,15)(H,16,17). The van der Waals surface area contributed by atoms with Gasteiger partial charge in [0.1, 0.15) is 6.04 Å². The molecule has 1 fully saturated rings. The Balaban J connectivity index is 2.51. The third-order valence-corrected chi connectivity index (χ3v) is 3.65. The molecule has 0 radical (unpaired) electrons. The molecule has 6 nitrogen and oxygen atoms in total. The number of morpholine rings is 1. The summed E-state index contributed by atoms with van der Waals surface area (Å²) in [6.07, 6.45) is 0.988. The largest absolute Gasteiger partial charge is 0.481 e. The number of rotatable bonds is 6. The molecule has 1 aliphatic heterocycles. The van der Waals surface area contributed by atoms with E-state index >= 15 is 0 Å². The predicted octanol–water partition coefficient (Wildman–Crippen LogP) is -0.0180. The van der Waals surface area contributed by atoms with Crippen LogP contribution in [0.5, 0.6) is 0 Å². The second-order valence-electron chi connectivity index (χ2n) is 4.59. The first-order valence-corrected chi connectivity index (χ1v) is 6.38. The highest BCUT2D eigenvalue weighted by molar-refractivity contribution is 5.83. The number of ether oxygens (including phenoxy) is 1. The molecular weight excluding hydrogens is 236 g/mol. The van der Waals surface area contributed by atoms with Gasteiger partial charge in [-0.1, -0.05) is 13.8 Å². The predicted molar refractivity (Wildman–Crippen MR) is 66.3 cm³/mol. The molecule has 6 heteroatoms. The van der Waals surface area contributed by atoms with Gasteiger partial charge in [0.2, 0.25) is 5.91 Å². The number of hydrogen-bond acceptors (Lipinski definition) is 4. The van der Waals surface area contributed by atoms with Gasteiger partial charge in [0.25, 0.3) is 0 Å². The highest BCUT2D eigenvalue weighted by atomic mass is 16.5. The highest BCUT2D eigenvalue weighted by Gasteiger charge is 2.35. The van der Waals surface area contributed by atoms with Gasteiger partial charge in [-0.15, -0.1) is 0 Å². The van der Waals surface area contributed by atoms with Crippen LogP contribution in [0.2, 0.25) is 0 Å². The Kier molecular flexibility index (Phi) is 5.55. The molecule has 3 N–H and O–H groups in total. The van der Waals surface area contributed by atoms with Crippen LogP contribution in [0.1, 0.15) is 26.7 Å². The number of amides is 1. The van der Waals surface area contributed by atoms with Crippen molar-refractivity contribution < 1.29 is 19.4 Å². The Hall–Kier alpha value is -1.14. The Morgan fingerprint density at radius 3 is 2.56 bits per heavy atom. The van der Waals surface area contributed by atoms with Crippen molar-refractivity contribution in [2.75, 3.05) is 26.3 Å². The van der Waals surface area contributed by atoms with Gasteiger partial charge in [0, 0.05) is 13.1 Å². The van der Waals surface area contributed by atoms with Crippen LogP contribution in [0.3, 0.4) is 0 Å². The summed E-state index contributed by atoms with van der Waals surface area (Å²) in [4.78, 5) is 23.1. The van der Waals surface area contributed by atoms with E-state index in [0.717, 1.165) is 0 Å². The van der Waals surface area contributed by atoms with Crippen molar-refractivity contribution in [1.29, 1.82) is 0 Å². The molecule has 1 heterocycles. The lowest BCUT2D eigenvalue weighted by molar-refractivity contribution is -0.149. The molecular formula is C12H22N2O4. The molecule has 0 aromatic carbocycles. The van der Waals surface area contributed by atoms with E-state index in [1.54, 1.807) is 0 Å². The van der Waals surface area contributed by atoms with Gasteiger partial charge in [0.15, 0.2) is 0 Å². The molecule has 104 valence electrons. The van der Waals surface area contributed by atoms with E-state index < -0.39 is 11.4 Å². The molecule has 1 unspecified atom stereocenters. The highest BCUT2D eigenvalue weighted by Crippen LogP contribution is 2.25. The molecule has 1 amide bonds. The van der Waals surface area contributed by atoms with Crippen LogP contribution in [-0.4, -0.2) is 49.3 Å². The maximum atomic E-state index is 11.9. The smallest absolute Gasteiger partial charge is 0.311 e. The van der Waals surface area contributed by atoms with Crippen LogP contribution >= 0.6 is 0 Å². The molecule has 1 atom stereocenters. The zero-order valence-corrected chi connectivity index (χ0v) is 11.0. The summed E-state index contributed by atoms with van der Waals surface area (Å²) in [6.45, 7) is 5.39. The number of carbonyl (C=O) groups excluding carboxylic acids is 1. The van der Waals surface area contributed by atoms with Crippen LogP contribution in [0.25, 0.3) is 0 Å². The minimum atomic E-state index is -0.870. The van der Waals surface area contributed by atoms with E-state index in [-0.39, 0.29) is 18.5 Å². The quantitative estimate of drug-likeness (QED) is 0.623. The lowest BCUT2D eigenvalue weighted by Gasteiger charge is -2.29. The van der Waals surface area contributed by atoms with E-state index in [1.807, 2.05) is 13.8 Å².